The fourth-order valence-electron chi connectivity index (χ4n) is 6.14. The van der Waals surface area contributed by atoms with Gasteiger partial charge in [-0.2, -0.15) is 0 Å². The summed E-state index contributed by atoms with van der Waals surface area (Å²) in [5.74, 6) is -0.957. The predicted octanol–water partition coefficient (Wildman–Crippen LogP) is 3.69. The van der Waals surface area contributed by atoms with E-state index >= 15 is 0 Å². The van der Waals surface area contributed by atoms with Gasteiger partial charge in [-0.25, -0.2) is 0 Å². The normalized spacial score (nSPS) is 19.6. The van der Waals surface area contributed by atoms with E-state index in [1.54, 1.807) is 11.0 Å². The van der Waals surface area contributed by atoms with E-state index in [-0.39, 0.29) is 24.2 Å². The number of imide groups is 1. The van der Waals surface area contributed by atoms with Crippen molar-refractivity contribution >= 4 is 29.4 Å². The van der Waals surface area contributed by atoms with Gasteiger partial charge in [-0.3, -0.25) is 29.4 Å². The number of piperazine rings is 1. The minimum Gasteiger partial charge on any atom is -0.460 e. The Labute approximate surface area is 260 Å². The molecule has 3 aliphatic rings. The van der Waals surface area contributed by atoms with Gasteiger partial charge in [0.2, 0.25) is 11.8 Å². The molecule has 0 aromatic heterocycles. The first-order valence-electron chi connectivity index (χ1n) is 15.8. The zero-order valence-electron chi connectivity index (χ0n) is 26.2. The summed E-state index contributed by atoms with van der Waals surface area (Å²) < 4.78 is 5.39. The number of unbranched alkanes of at least 4 members (excludes halogenated alkanes) is 1. The van der Waals surface area contributed by atoms with Crippen molar-refractivity contribution in [2.45, 2.75) is 84.2 Å². The van der Waals surface area contributed by atoms with Crippen LogP contribution in [0, 0.1) is 0 Å². The topological polar surface area (TPSA) is 111 Å². The smallest absolute Gasteiger partial charge is 0.306 e. The third kappa shape index (κ3) is 8.24. The molecule has 3 aliphatic heterocycles. The second-order valence-corrected chi connectivity index (χ2v) is 13.1. The van der Waals surface area contributed by atoms with Crippen LogP contribution in [0.3, 0.4) is 0 Å². The van der Waals surface area contributed by atoms with Crippen molar-refractivity contribution in [3.8, 4) is 0 Å². The zero-order valence-corrected chi connectivity index (χ0v) is 26.2. The molecule has 0 bridgehead atoms. The van der Waals surface area contributed by atoms with Crippen molar-refractivity contribution < 1.29 is 23.9 Å². The van der Waals surface area contributed by atoms with Crippen molar-refractivity contribution in [2.24, 2.45) is 0 Å². The summed E-state index contributed by atoms with van der Waals surface area (Å²) in [6.07, 6.45) is 2.95. The number of anilines is 1. The highest BCUT2D eigenvalue weighted by atomic mass is 16.6. The van der Waals surface area contributed by atoms with Gasteiger partial charge in [0, 0.05) is 75.5 Å². The first-order valence-corrected chi connectivity index (χ1v) is 15.8. The molecule has 3 heterocycles. The van der Waals surface area contributed by atoms with Crippen LogP contribution in [0.25, 0.3) is 0 Å². The molecule has 2 aromatic rings. The van der Waals surface area contributed by atoms with Gasteiger partial charge in [0.25, 0.3) is 5.91 Å². The maximum atomic E-state index is 13.1. The summed E-state index contributed by atoms with van der Waals surface area (Å²) in [6, 6.07) is 13.7. The van der Waals surface area contributed by atoms with E-state index in [0.29, 0.717) is 31.5 Å². The number of esters is 1. The second-order valence-electron chi connectivity index (χ2n) is 13.1. The van der Waals surface area contributed by atoms with E-state index in [1.165, 1.54) is 5.56 Å². The van der Waals surface area contributed by atoms with Crippen LogP contribution < -0.4 is 10.6 Å². The molecule has 0 aliphatic carbocycles. The van der Waals surface area contributed by atoms with Crippen molar-refractivity contribution in [1.82, 2.24) is 20.0 Å². The lowest BCUT2D eigenvalue weighted by molar-refractivity contribution is -0.155. The van der Waals surface area contributed by atoms with Gasteiger partial charge in [0.05, 0.1) is 0 Å². The number of fused-ring (bicyclic) bond motifs is 1. The zero-order chi connectivity index (χ0) is 31.3. The molecule has 2 saturated heterocycles. The molecule has 10 heteroatoms. The van der Waals surface area contributed by atoms with Gasteiger partial charge in [-0.05, 0) is 69.8 Å². The standard InChI is InChI=1S/C34H45N5O5/c1-34(2,3)44-31(41)9-4-5-16-37-17-19-38(20-18-37)22-25-12-10-24(11-13-25)21-35-28-8-6-7-26-27(28)23-39(33(26)43)29-14-15-30(40)36-32(29)42/h6-8,10-13,29,35H,4-5,9,14-23H2,1-3H3,(H,36,40,42). The van der Waals surface area contributed by atoms with Crippen LogP contribution in [0.15, 0.2) is 42.5 Å². The SMILES string of the molecule is CC(C)(C)OC(=O)CCCCN1CCN(Cc2ccc(CNc3cccc4c3CN(C3CCC(=O)NC3=O)C4=O)cc2)CC1. The van der Waals surface area contributed by atoms with Crippen molar-refractivity contribution in [1.29, 1.82) is 0 Å². The molecule has 1 unspecified atom stereocenters. The number of nitrogens with one attached hydrogen (secondary N) is 2. The van der Waals surface area contributed by atoms with E-state index in [2.05, 4.69) is 44.7 Å². The molecule has 2 fully saturated rings. The Hall–Kier alpha value is -3.76. The average Bonchev–Trinajstić information content (AvgIpc) is 3.31. The van der Waals surface area contributed by atoms with E-state index in [1.807, 2.05) is 32.9 Å². The lowest BCUT2D eigenvalue weighted by Crippen LogP contribution is -2.52. The monoisotopic (exact) mass is 603 g/mol. The van der Waals surface area contributed by atoms with Crippen LogP contribution in [-0.2, 0) is 38.8 Å². The summed E-state index contributed by atoms with van der Waals surface area (Å²) in [5, 5.41) is 5.85. The molecule has 10 nitrogen and oxygen atoms in total. The lowest BCUT2D eigenvalue weighted by Gasteiger charge is -2.34. The molecule has 44 heavy (non-hydrogen) atoms. The molecule has 2 aromatic carbocycles. The average molecular weight is 604 g/mol. The molecular formula is C34H45N5O5. The molecule has 3 amide bonds. The Kier molecular flexibility index (Phi) is 10.0. The summed E-state index contributed by atoms with van der Waals surface area (Å²) >= 11 is 0. The Bertz CT molecular complexity index is 1360. The molecule has 5 rings (SSSR count). The summed E-state index contributed by atoms with van der Waals surface area (Å²) in [7, 11) is 0. The molecule has 2 N–H and O–H groups in total. The maximum Gasteiger partial charge on any atom is 0.306 e. The summed E-state index contributed by atoms with van der Waals surface area (Å²) in [5.41, 5.74) is 4.40. The highest BCUT2D eigenvalue weighted by Gasteiger charge is 2.39. The number of piperidine rings is 1. The summed E-state index contributed by atoms with van der Waals surface area (Å²) in [4.78, 5) is 55.5. The Morgan fingerprint density at radius 1 is 0.955 bits per heavy atom. The van der Waals surface area contributed by atoms with Crippen LogP contribution in [0.4, 0.5) is 5.69 Å². The van der Waals surface area contributed by atoms with Crippen LogP contribution in [0.1, 0.15) is 79.9 Å². The molecular weight excluding hydrogens is 558 g/mol. The number of carbonyl (C=O) groups is 4. The number of amides is 3. The number of rotatable bonds is 11. The number of nitrogens with zero attached hydrogens (tertiary/aromatic N) is 3. The lowest BCUT2D eigenvalue weighted by atomic mass is 10.0. The Morgan fingerprint density at radius 3 is 2.36 bits per heavy atom. The van der Waals surface area contributed by atoms with E-state index in [9.17, 15) is 19.2 Å². The van der Waals surface area contributed by atoms with Crippen LogP contribution in [-0.4, -0.2) is 82.8 Å². The van der Waals surface area contributed by atoms with Gasteiger partial charge >= 0.3 is 5.97 Å². The highest BCUT2D eigenvalue weighted by Crippen LogP contribution is 2.32. The Morgan fingerprint density at radius 2 is 1.66 bits per heavy atom. The van der Waals surface area contributed by atoms with Crippen molar-refractivity contribution in [2.75, 3.05) is 38.0 Å². The molecule has 0 radical (unpaired) electrons. The number of ether oxygens (including phenoxy) is 1. The second kappa shape index (κ2) is 13.9. The number of carbonyl (C=O) groups excluding carboxylic acids is 4. The van der Waals surface area contributed by atoms with Crippen molar-refractivity contribution in [3.63, 3.8) is 0 Å². The van der Waals surface area contributed by atoms with Gasteiger partial charge in [0.15, 0.2) is 0 Å². The van der Waals surface area contributed by atoms with Crippen molar-refractivity contribution in [3.05, 3.63) is 64.7 Å². The molecule has 1 atom stereocenters. The number of hydrogen-bond acceptors (Lipinski definition) is 8. The van der Waals surface area contributed by atoms with Gasteiger partial charge in [0.1, 0.15) is 11.6 Å². The summed E-state index contributed by atoms with van der Waals surface area (Å²) in [6.45, 7) is 12.8. The Balaban J connectivity index is 1.04. The van der Waals surface area contributed by atoms with Gasteiger partial charge in [-0.15, -0.1) is 0 Å². The van der Waals surface area contributed by atoms with Gasteiger partial charge < -0.3 is 19.9 Å². The quantitative estimate of drug-likeness (QED) is 0.227. The number of benzene rings is 2. The minimum atomic E-state index is -0.619. The van der Waals surface area contributed by atoms with Gasteiger partial charge in [-0.1, -0.05) is 30.3 Å². The fourth-order valence-corrected chi connectivity index (χ4v) is 6.14. The number of hydrogen-bond donors (Lipinski definition) is 2. The van der Waals surface area contributed by atoms with E-state index < -0.39 is 17.6 Å². The maximum absolute atomic E-state index is 13.1. The largest absolute Gasteiger partial charge is 0.460 e. The highest BCUT2D eigenvalue weighted by molar-refractivity contribution is 6.06. The van der Waals surface area contributed by atoms with E-state index in [0.717, 1.165) is 68.9 Å². The molecule has 0 spiro atoms. The first kappa shape index (κ1) is 31.7. The molecule has 0 saturated carbocycles. The fraction of sp³-hybridized carbons (Fsp3) is 0.529. The van der Waals surface area contributed by atoms with E-state index in [4.69, 9.17) is 4.74 Å². The third-order valence-electron chi connectivity index (χ3n) is 8.48. The van der Waals surface area contributed by atoms with Crippen LogP contribution >= 0.6 is 0 Å². The molecule has 236 valence electrons. The minimum absolute atomic E-state index is 0.109. The van der Waals surface area contributed by atoms with Crippen LogP contribution in [0.2, 0.25) is 0 Å². The van der Waals surface area contributed by atoms with Crippen LogP contribution in [0.5, 0.6) is 0 Å². The predicted molar refractivity (Wildman–Crippen MR) is 168 cm³/mol. The third-order valence-corrected chi connectivity index (χ3v) is 8.48. The first-order chi connectivity index (χ1) is 21.1.